The number of unbranched alkanes of at least 4 members (excludes halogenated alkanes) is 3. The standard InChI is InChI=1S/C19H27N3O2S/c1-4-5-6-7-8-17-21-15-10-9-14(20-11-12-22(2)3)18(16(24)13-23)19(15)25-17/h9-10,13,20H,4-8,11-12H2,1-3H3. The largest absolute Gasteiger partial charge is 0.383 e. The lowest BCUT2D eigenvalue weighted by atomic mass is 10.1. The van der Waals surface area contributed by atoms with Crippen molar-refractivity contribution >= 4 is 39.3 Å². The summed E-state index contributed by atoms with van der Waals surface area (Å²) >= 11 is 1.54. The van der Waals surface area contributed by atoms with Gasteiger partial charge in [-0.3, -0.25) is 9.59 Å². The highest BCUT2D eigenvalue weighted by Gasteiger charge is 2.18. The lowest BCUT2D eigenvalue weighted by Crippen LogP contribution is -2.21. The molecule has 0 spiro atoms. The van der Waals surface area contributed by atoms with Crippen molar-refractivity contribution in [2.75, 3.05) is 32.5 Å². The highest BCUT2D eigenvalue weighted by atomic mass is 32.1. The molecule has 0 atom stereocenters. The topological polar surface area (TPSA) is 62.3 Å². The van der Waals surface area contributed by atoms with Crippen molar-refractivity contribution in [3.63, 3.8) is 0 Å². The number of aromatic nitrogens is 1. The quantitative estimate of drug-likeness (QED) is 0.286. The van der Waals surface area contributed by atoms with Crippen LogP contribution in [0, 0.1) is 0 Å². The minimum Gasteiger partial charge on any atom is -0.383 e. The monoisotopic (exact) mass is 361 g/mol. The summed E-state index contributed by atoms with van der Waals surface area (Å²) in [5, 5.41) is 4.32. The van der Waals surface area contributed by atoms with Crippen LogP contribution >= 0.6 is 11.3 Å². The fourth-order valence-electron chi connectivity index (χ4n) is 2.71. The van der Waals surface area contributed by atoms with Gasteiger partial charge in [-0.2, -0.15) is 0 Å². The second-order valence-corrected chi connectivity index (χ2v) is 7.55. The number of aryl methyl sites for hydroxylation is 1. The zero-order valence-electron chi connectivity index (χ0n) is 15.3. The number of nitrogens with zero attached hydrogens (tertiary/aromatic N) is 2. The van der Waals surface area contributed by atoms with E-state index in [1.807, 2.05) is 26.2 Å². The second-order valence-electron chi connectivity index (χ2n) is 6.47. The Morgan fingerprint density at radius 3 is 2.76 bits per heavy atom. The number of ketones is 1. The van der Waals surface area contributed by atoms with Crippen molar-refractivity contribution < 1.29 is 9.59 Å². The van der Waals surface area contributed by atoms with Gasteiger partial charge in [0.15, 0.2) is 6.29 Å². The Morgan fingerprint density at radius 1 is 1.28 bits per heavy atom. The third-order valence-electron chi connectivity index (χ3n) is 4.07. The van der Waals surface area contributed by atoms with E-state index >= 15 is 0 Å². The number of nitrogens with one attached hydrogen (secondary N) is 1. The average molecular weight is 362 g/mol. The van der Waals surface area contributed by atoms with Crippen LogP contribution in [0.15, 0.2) is 12.1 Å². The molecular weight excluding hydrogens is 334 g/mol. The first-order valence-corrected chi connectivity index (χ1v) is 9.69. The number of carbonyl (C=O) groups is 2. The number of rotatable bonds is 11. The van der Waals surface area contributed by atoms with E-state index in [0.717, 1.165) is 34.6 Å². The summed E-state index contributed by atoms with van der Waals surface area (Å²) in [4.78, 5) is 30.1. The van der Waals surface area contributed by atoms with Gasteiger partial charge < -0.3 is 10.2 Å². The van der Waals surface area contributed by atoms with E-state index in [0.29, 0.717) is 24.1 Å². The van der Waals surface area contributed by atoms with Gasteiger partial charge in [0.05, 0.1) is 20.8 Å². The van der Waals surface area contributed by atoms with Crippen molar-refractivity contribution in [3.8, 4) is 0 Å². The molecule has 2 aromatic rings. The van der Waals surface area contributed by atoms with Crippen LogP contribution in [0.5, 0.6) is 0 Å². The summed E-state index contributed by atoms with van der Waals surface area (Å²) in [6.45, 7) is 3.75. The third kappa shape index (κ3) is 5.34. The third-order valence-corrected chi connectivity index (χ3v) is 5.22. The van der Waals surface area contributed by atoms with Crippen LogP contribution in [0.2, 0.25) is 0 Å². The lowest BCUT2D eigenvalue weighted by molar-refractivity contribution is -0.104. The number of hydrogen-bond donors (Lipinski definition) is 1. The van der Waals surface area contributed by atoms with Crippen molar-refractivity contribution in [2.24, 2.45) is 0 Å². The molecular formula is C19H27N3O2S. The Bertz CT molecular complexity index is 725. The molecule has 2 rings (SSSR count). The number of aldehydes is 1. The first-order valence-electron chi connectivity index (χ1n) is 8.87. The first-order chi connectivity index (χ1) is 12.1. The molecule has 0 saturated carbocycles. The van der Waals surface area contributed by atoms with Crippen LogP contribution in [0.25, 0.3) is 10.2 Å². The molecule has 1 aromatic heterocycles. The van der Waals surface area contributed by atoms with E-state index in [1.54, 1.807) is 0 Å². The summed E-state index contributed by atoms with van der Waals surface area (Å²) in [5.41, 5.74) is 1.98. The normalized spacial score (nSPS) is 11.2. The van der Waals surface area contributed by atoms with Gasteiger partial charge in [-0.25, -0.2) is 4.98 Å². The SMILES string of the molecule is CCCCCCc1nc2ccc(NCCN(C)C)c(C(=O)C=O)c2s1. The summed E-state index contributed by atoms with van der Waals surface area (Å²) in [5.74, 6) is -0.487. The van der Waals surface area contributed by atoms with Crippen molar-refractivity contribution in [1.82, 2.24) is 9.88 Å². The van der Waals surface area contributed by atoms with E-state index < -0.39 is 5.78 Å². The van der Waals surface area contributed by atoms with E-state index in [9.17, 15) is 9.59 Å². The molecule has 6 heteroatoms. The minimum atomic E-state index is -0.487. The predicted octanol–water partition coefficient (Wildman–Crippen LogP) is 3.77. The molecule has 0 unspecified atom stereocenters. The molecule has 1 N–H and O–H groups in total. The van der Waals surface area contributed by atoms with Crippen LogP contribution in [0.4, 0.5) is 5.69 Å². The van der Waals surface area contributed by atoms with E-state index in [-0.39, 0.29) is 0 Å². The number of fused-ring (bicyclic) bond motifs is 1. The van der Waals surface area contributed by atoms with Crippen LogP contribution in [0.3, 0.4) is 0 Å². The Morgan fingerprint density at radius 2 is 2.08 bits per heavy atom. The molecule has 136 valence electrons. The fourth-order valence-corrected chi connectivity index (χ4v) is 3.87. The molecule has 5 nitrogen and oxygen atoms in total. The molecule has 0 bridgehead atoms. The maximum Gasteiger partial charge on any atom is 0.228 e. The predicted molar refractivity (Wildman–Crippen MR) is 105 cm³/mol. The van der Waals surface area contributed by atoms with Gasteiger partial charge in [-0.1, -0.05) is 26.2 Å². The number of Topliss-reactive ketones (excluding diaryl/α,β-unsaturated/α-hetero) is 1. The molecule has 0 saturated heterocycles. The summed E-state index contributed by atoms with van der Waals surface area (Å²) in [7, 11) is 3.99. The van der Waals surface area contributed by atoms with Crippen LogP contribution in [-0.2, 0) is 11.2 Å². The number of likely N-dealkylation sites (N-methyl/N-ethyl adjacent to an activating group) is 1. The maximum atomic E-state index is 12.2. The Kier molecular flexibility index (Phi) is 7.52. The zero-order valence-corrected chi connectivity index (χ0v) is 16.1. The smallest absolute Gasteiger partial charge is 0.228 e. The van der Waals surface area contributed by atoms with Gasteiger partial charge in [0.25, 0.3) is 0 Å². The van der Waals surface area contributed by atoms with E-state index in [1.165, 1.54) is 30.6 Å². The zero-order chi connectivity index (χ0) is 18.2. The van der Waals surface area contributed by atoms with Crippen LogP contribution < -0.4 is 5.32 Å². The Hall–Kier alpha value is -1.79. The molecule has 0 radical (unpaired) electrons. The van der Waals surface area contributed by atoms with Crippen molar-refractivity contribution in [3.05, 3.63) is 22.7 Å². The summed E-state index contributed by atoms with van der Waals surface area (Å²) in [6, 6.07) is 3.79. The molecule has 0 aliphatic carbocycles. The summed E-state index contributed by atoms with van der Waals surface area (Å²) < 4.78 is 0.817. The highest BCUT2D eigenvalue weighted by molar-refractivity contribution is 7.19. The molecule has 1 heterocycles. The Labute approximate surface area is 153 Å². The highest BCUT2D eigenvalue weighted by Crippen LogP contribution is 2.32. The van der Waals surface area contributed by atoms with Gasteiger partial charge in [-0.05, 0) is 39.1 Å². The van der Waals surface area contributed by atoms with E-state index in [2.05, 4.69) is 22.1 Å². The fraction of sp³-hybridized carbons (Fsp3) is 0.526. The number of hydrogen-bond acceptors (Lipinski definition) is 6. The van der Waals surface area contributed by atoms with Gasteiger partial charge in [-0.15, -0.1) is 11.3 Å². The molecule has 0 fully saturated rings. The van der Waals surface area contributed by atoms with Crippen LogP contribution in [-0.4, -0.2) is 49.1 Å². The number of thiazole rings is 1. The van der Waals surface area contributed by atoms with Gasteiger partial charge in [0.1, 0.15) is 0 Å². The van der Waals surface area contributed by atoms with Crippen molar-refractivity contribution in [2.45, 2.75) is 39.0 Å². The maximum absolute atomic E-state index is 12.2. The molecule has 25 heavy (non-hydrogen) atoms. The number of benzene rings is 1. The summed E-state index contributed by atoms with van der Waals surface area (Å²) in [6.07, 6.45) is 6.08. The lowest BCUT2D eigenvalue weighted by Gasteiger charge is -2.13. The molecule has 0 aliphatic heterocycles. The van der Waals surface area contributed by atoms with Crippen LogP contribution in [0.1, 0.15) is 48.0 Å². The molecule has 1 aromatic carbocycles. The van der Waals surface area contributed by atoms with Gasteiger partial charge >= 0.3 is 0 Å². The second kappa shape index (κ2) is 9.63. The number of anilines is 1. The van der Waals surface area contributed by atoms with E-state index in [4.69, 9.17) is 0 Å². The molecule has 0 amide bonds. The first kappa shape index (κ1) is 19.5. The average Bonchev–Trinajstić information content (AvgIpc) is 3.00. The number of carbonyl (C=O) groups excluding carboxylic acids is 2. The minimum absolute atomic E-state index is 0.395. The van der Waals surface area contributed by atoms with Gasteiger partial charge in [0, 0.05) is 18.8 Å². The van der Waals surface area contributed by atoms with Crippen molar-refractivity contribution in [1.29, 1.82) is 0 Å². The van der Waals surface area contributed by atoms with Gasteiger partial charge in [0.2, 0.25) is 5.78 Å². The Balaban J connectivity index is 2.26. The molecule has 0 aliphatic rings.